The molecular formula is C20H20N8O5S3. The van der Waals surface area contributed by atoms with Crippen LogP contribution in [0.3, 0.4) is 0 Å². The van der Waals surface area contributed by atoms with E-state index in [0.717, 1.165) is 11.5 Å². The van der Waals surface area contributed by atoms with Crippen molar-refractivity contribution < 1.29 is 24.3 Å². The third-order valence-corrected chi connectivity index (χ3v) is 7.46. The minimum absolute atomic E-state index is 0.0324. The number of β-lactam (4-membered cyclic amide) rings is 1. The largest absolute Gasteiger partial charge is 0.477 e. The average molecular weight is 549 g/mol. The number of pyridine rings is 1. The van der Waals surface area contributed by atoms with Gasteiger partial charge in [0.1, 0.15) is 28.7 Å². The van der Waals surface area contributed by atoms with Crippen LogP contribution < -0.4 is 16.8 Å². The van der Waals surface area contributed by atoms with E-state index in [1.165, 1.54) is 34.6 Å². The molecule has 1 saturated heterocycles. The molecule has 2 aliphatic rings. The molecule has 4 heterocycles. The van der Waals surface area contributed by atoms with Crippen LogP contribution in [-0.2, 0) is 19.2 Å². The quantitative estimate of drug-likeness (QED) is 0.149. The monoisotopic (exact) mass is 548 g/mol. The summed E-state index contributed by atoms with van der Waals surface area (Å²) in [6.45, 7) is 1.88. The van der Waals surface area contributed by atoms with Crippen molar-refractivity contribution in [2.45, 2.75) is 23.4 Å². The first kappa shape index (κ1) is 25.5. The molecule has 2 aliphatic heterocycles. The Labute approximate surface area is 217 Å². The maximum Gasteiger partial charge on any atom is 0.352 e. The molecule has 0 radical (unpaired) electrons. The highest BCUT2D eigenvalue weighted by Gasteiger charge is 2.54. The van der Waals surface area contributed by atoms with Crippen LogP contribution in [0.15, 0.2) is 51.3 Å². The molecule has 2 aromatic rings. The number of hydrogen-bond donors (Lipinski definition) is 4. The number of aliphatic carboxylic acids is 1. The molecule has 4 rings (SSSR count). The third-order valence-electron chi connectivity index (χ3n) is 4.86. The molecule has 13 nitrogen and oxygen atoms in total. The molecule has 0 spiro atoms. The number of nitrogens with zero attached hydrogens (tertiary/aromatic N) is 5. The number of anilines is 2. The van der Waals surface area contributed by atoms with Crippen molar-refractivity contribution in [3.8, 4) is 0 Å². The lowest BCUT2D eigenvalue weighted by Crippen LogP contribution is -2.71. The van der Waals surface area contributed by atoms with Crippen molar-refractivity contribution in [2.24, 2.45) is 5.16 Å². The number of amides is 2. The van der Waals surface area contributed by atoms with Crippen LogP contribution in [0.4, 0.5) is 10.8 Å². The lowest BCUT2D eigenvalue weighted by Gasteiger charge is -2.49. The molecule has 188 valence electrons. The molecular weight excluding hydrogens is 528 g/mol. The fraction of sp³-hybridized carbons (Fsp3) is 0.250. The van der Waals surface area contributed by atoms with Crippen LogP contribution >= 0.6 is 35.1 Å². The molecule has 1 fully saturated rings. The predicted octanol–water partition coefficient (Wildman–Crippen LogP) is 0.883. The second kappa shape index (κ2) is 11.0. The van der Waals surface area contributed by atoms with Gasteiger partial charge in [-0.15, -0.1) is 11.8 Å². The number of hydrogen-bond acceptors (Lipinski definition) is 13. The number of aromatic nitrogens is 3. The predicted molar refractivity (Wildman–Crippen MR) is 136 cm³/mol. The van der Waals surface area contributed by atoms with Gasteiger partial charge in [-0.3, -0.25) is 14.5 Å². The third kappa shape index (κ3) is 5.29. The lowest BCUT2D eigenvalue weighted by molar-refractivity contribution is -0.150. The summed E-state index contributed by atoms with van der Waals surface area (Å²) in [6, 6.07) is 2.50. The van der Waals surface area contributed by atoms with E-state index in [2.05, 4.69) is 24.8 Å². The van der Waals surface area contributed by atoms with E-state index in [-0.39, 0.29) is 29.0 Å². The number of fused-ring (bicyclic) bond motifs is 1. The minimum atomic E-state index is -1.24. The first-order valence-corrected chi connectivity index (χ1v) is 13.1. The summed E-state index contributed by atoms with van der Waals surface area (Å²) in [6.07, 6.45) is 3.16. The van der Waals surface area contributed by atoms with Gasteiger partial charge >= 0.3 is 5.97 Å². The van der Waals surface area contributed by atoms with Crippen molar-refractivity contribution in [2.75, 3.05) is 23.8 Å². The lowest BCUT2D eigenvalue weighted by atomic mass is 10.0. The standard InChI is InChI=1S/C20H20N8O5S3/c1-2-33-26-12(15-25-20(22)36-27-15)16(29)24-13-17(30)28-14(19(31)32)9(8-35-18(13)28)5-6-34-11-4-3-10(21)7-23-11/h3-7,13,18H,2,8,21H2,1H3,(H,24,29)(H,31,32)(H2,22,25,27)/t13?,18-/m1/s1. The van der Waals surface area contributed by atoms with E-state index < -0.39 is 29.2 Å². The molecule has 2 aromatic heterocycles. The van der Waals surface area contributed by atoms with Crippen LogP contribution in [0, 0.1) is 0 Å². The van der Waals surface area contributed by atoms with Crippen LogP contribution in [0.25, 0.3) is 0 Å². The van der Waals surface area contributed by atoms with Gasteiger partial charge in [0.2, 0.25) is 11.5 Å². The van der Waals surface area contributed by atoms with E-state index in [9.17, 15) is 19.5 Å². The van der Waals surface area contributed by atoms with E-state index in [0.29, 0.717) is 22.0 Å². The van der Waals surface area contributed by atoms with Gasteiger partial charge in [-0.1, -0.05) is 16.9 Å². The number of carbonyl (C=O) groups excluding carboxylic acids is 2. The average Bonchev–Trinajstić information content (AvgIpc) is 3.29. The molecule has 0 bridgehead atoms. The Hall–Kier alpha value is -3.63. The Morgan fingerprint density at radius 1 is 1.42 bits per heavy atom. The fourth-order valence-corrected chi connectivity index (χ4v) is 5.66. The fourth-order valence-electron chi connectivity index (χ4n) is 3.27. The number of thioether (sulfide) groups is 2. The number of nitrogens with two attached hydrogens (primary N) is 2. The molecule has 0 saturated carbocycles. The molecule has 0 aliphatic carbocycles. The molecule has 36 heavy (non-hydrogen) atoms. The number of nitrogen functional groups attached to an aromatic ring is 2. The molecule has 16 heteroatoms. The zero-order chi connectivity index (χ0) is 25.8. The summed E-state index contributed by atoms with van der Waals surface area (Å²) in [5.74, 6) is -2.25. The summed E-state index contributed by atoms with van der Waals surface area (Å²) in [5.41, 5.74) is 11.9. The second-order valence-electron chi connectivity index (χ2n) is 7.20. The maximum atomic E-state index is 12.9. The number of carboxylic acid groups (broad SMARTS) is 1. The Bertz CT molecular complexity index is 1280. The van der Waals surface area contributed by atoms with Gasteiger partial charge in [0.05, 0.1) is 11.9 Å². The summed E-state index contributed by atoms with van der Waals surface area (Å²) in [7, 11) is 0. The van der Waals surface area contributed by atoms with Crippen LogP contribution in [-0.4, -0.2) is 71.6 Å². The second-order valence-corrected chi connectivity index (χ2v) is 10.0. The van der Waals surface area contributed by atoms with Gasteiger partial charge in [0.15, 0.2) is 5.13 Å². The first-order valence-electron chi connectivity index (χ1n) is 10.4. The number of rotatable bonds is 9. The topological polar surface area (TPSA) is 199 Å². The van der Waals surface area contributed by atoms with Gasteiger partial charge in [-0.25, -0.2) is 9.78 Å². The molecule has 6 N–H and O–H groups in total. The molecule has 0 aromatic carbocycles. The number of allylic oxidation sites excluding steroid dienone is 1. The number of carboxylic acids is 1. The Balaban J connectivity index is 1.48. The normalized spacial score (nSPS) is 19.8. The zero-order valence-electron chi connectivity index (χ0n) is 18.7. The SMILES string of the molecule is CCON=C(C(=O)NC1C(=O)N2C(C(=O)O)=C(C=CSc3ccc(N)cn3)CS[C@H]12)c1nsc(N)n1. The van der Waals surface area contributed by atoms with Crippen LogP contribution in [0.2, 0.25) is 0 Å². The minimum Gasteiger partial charge on any atom is -0.477 e. The Kier molecular flexibility index (Phi) is 7.76. The molecule has 1 unspecified atom stereocenters. The number of oxime groups is 1. The van der Waals surface area contributed by atoms with Crippen molar-refractivity contribution in [3.05, 3.63) is 46.9 Å². The zero-order valence-corrected chi connectivity index (χ0v) is 21.1. The van der Waals surface area contributed by atoms with Crippen molar-refractivity contribution in [1.29, 1.82) is 0 Å². The summed E-state index contributed by atoms with van der Waals surface area (Å²) < 4.78 is 3.97. The van der Waals surface area contributed by atoms with Crippen LogP contribution in [0.5, 0.6) is 0 Å². The maximum absolute atomic E-state index is 12.9. The van der Waals surface area contributed by atoms with Gasteiger partial charge < -0.3 is 26.7 Å². The van der Waals surface area contributed by atoms with Gasteiger partial charge in [0, 0.05) is 17.3 Å². The van der Waals surface area contributed by atoms with Crippen molar-refractivity contribution >= 4 is 69.4 Å². The number of nitrogens with one attached hydrogen (secondary N) is 1. The summed E-state index contributed by atoms with van der Waals surface area (Å²) in [4.78, 5) is 52.1. The highest BCUT2D eigenvalue weighted by Crippen LogP contribution is 2.41. The Morgan fingerprint density at radius 2 is 2.22 bits per heavy atom. The van der Waals surface area contributed by atoms with E-state index in [1.54, 1.807) is 30.5 Å². The highest BCUT2D eigenvalue weighted by molar-refractivity contribution is 8.02. The van der Waals surface area contributed by atoms with Gasteiger partial charge in [-0.05, 0) is 36.1 Å². The van der Waals surface area contributed by atoms with Crippen LogP contribution in [0.1, 0.15) is 12.7 Å². The van der Waals surface area contributed by atoms with E-state index >= 15 is 0 Å². The Morgan fingerprint density at radius 3 is 2.86 bits per heavy atom. The summed E-state index contributed by atoms with van der Waals surface area (Å²) >= 11 is 3.50. The molecule has 2 amide bonds. The first-order chi connectivity index (χ1) is 17.3. The number of carbonyl (C=O) groups is 3. The molecule has 2 atom stereocenters. The highest BCUT2D eigenvalue weighted by atomic mass is 32.2. The van der Waals surface area contributed by atoms with Gasteiger partial charge in [-0.2, -0.15) is 9.36 Å². The van der Waals surface area contributed by atoms with Gasteiger partial charge in [0.25, 0.3) is 11.8 Å². The summed E-state index contributed by atoms with van der Waals surface area (Å²) in [5, 5.41) is 18.1. The van der Waals surface area contributed by atoms with Crippen molar-refractivity contribution in [3.63, 3.8) is 0 Å². The smallest absolute Gasteiger partial charge is 0.352 e. The van der Waals surface area contributed by atoms with E-state index in [4.69, 9.17) is 16.3 Å². The van der Waals surface area contributed by atoms with E-state index in [1.807, 2.05) is 0 Å². The van der Waals surface area contributed by atoms with Crippen molar-refractivity contribution in [1.82, 2.24) is 24.6 Å².